The van der Waals surface area contributed by atoms with Crippen molar-refractivity contribution >= 4 is 5.97 Å². The van der Waals surface area contributed by atoms with Gasteiger partial charge in [0.05, 0.1) is 0 Å². The van der Waals surface area contributed by atoms with Crippen molar-refractivity contribution in [2.24, 2.45) is 0 Å². The third-order valence-corrected chi connectivity index (χ3v) is 3.63. The summed E-state index contributed by atoms with van der Waals surface area (Å²) in [7, 11) is 0. The second kappa shape index (κ2) is 12.9. The van der Waals surface area contributed by atoms with Gasteiger partial charge in [-0.1, -0.05) is 51.2 Å². The first-order chi connectivity index (χ1) is 10.0. The fourth-order valence-electron chi connectivity index (χ4n) is 2.03. The van der Waals surface area contributed by atoms with Gasteiger partial charge in [-0.15, -0.1) is 0 Å². The molecule has 124 valence electrons. The highest BCUT2D eigenvalue weighted by Gasteiger charge is 2.27. The molecule has 0 aliphatic carbocycles. The van der Waals surface area contributed by atoms with E-state index in [1.54, 1.807) is 13.8 Å². The summed E-state index contributed by atoms with van der Waals surface area (Å²) in [5.74, 6) is -0.899. The van der Waals surface area contributed by atoms with E-state index in [1.807, 2.05) is 0 Å². The minimum Gasteiger partial charge on any atom is -0.479 e. The molecule has 0 amide bonds. The van der Waals surface area contributed by atoms with Crippen LogP contribution in [0.25, 0.3) is 0 Å². The van der Waals surface area contributed by atoms with E-state index in [-0.39, 0.29) is 0 Å². The van der Waals surface area contributed by atoms with Gasteiger partial charge >= 0.3 is 5.97 Å². The lowest BCUT2D eigenvalue weighted by Gasteiger charge is -2.19. The smallest absolute Gasteiger partial charge is 0.335 e. The van der Waals surface area contributed by atoms with Gasteiger partial charge in [0.25, 0.3) is 0 Å². The molecule has 1 N–H and O–H groups in total. The van der Waals surface area contributed by atoms with Crippen molar-refractivity contribution in [1.82, 2.24) is 0 Å². The van der Waals surface area contributed by atoms with Crippen LogP contribution in [0.5, 0.6) is 0 Å². The molecule has 0 aromatic heterocycles. The molecule has 0 aliphatic rings. The van der Waals surface area contributed by atoms with Crippen molar-refractivity contribution in [2.45, 2.75) is 90.6 Å². The van der Waals surface area contributed by atoms with Crippen LogP contribution in [-0.2, 0) is 9.53 Å². The molecule has 0 atom stereocenters. The van der Waals surface area contributed by atoms with Crippen molar-refractivity contribution in [1.29, 1.82) is 0 Å². The van der Waals surface area contributed by atoms with Gasteiger partial charge in [-0.05, 0) is 46.0 Å². The fraction of sp³-hybridized carbons (Fsp3) is 0.833. The Labute approximate surface area is 130 Å². The van der Waals surface area contributed by atoms with Crippen LogP contribution in [0, 0.1) is 0 Å². The SMILES string of the molecule is CCCCCCC/C=C\CCCCCOC(C)(C)C(=O)O. The van der Waals surface area contributed by atoms with E-state index < -0.39 is 11.6 Å². The van der Waals surface area contributed by atoms with Crippen LogP contribution < -0.4 is 0 Å². The average molecular weight is 298 g/mol. The van der Waals surface area contributed by atoms with Crippen LogP contribution in [0.3, 0.4) is 0 Å². The van der Waals surface area contributed by atoms with E-state index >= 15 is 0 Å². The molecule has 0 rings (SSSR count). The van der Waals surface area contributed by atoms with Gasteiger partial charge in [0, 0.05) is 6.61 Å². The molecule has 21 heavy (non-hydrogen) atoms. The summed E-state index contributed by atoms with van der Waals surface area (Å²) in [4.78, 5) is 10.8. The van der Waals surface area contributed by atoms with Crippen molar-refractivity contribution in [3.8, 4) is 0 Å². The monoisotopic (exact) mass is 298 g/mol. The summed E-state index contributed by atoms with van der Waals surface area (Å²) < 4.78 is 5.37. The quantitative estimate of drug-likeness (QED) is 0.347. The Bertz CT molecular complexity index is 282. The lowest BCUT2D eigenvalue weighted by atomic mass is 10.1. The van der Waals surface area contributed by atoms with Gasteiger partial charge in [0.15, 0.2) is 5.60 Å². The molecule has 0 saturated heterocycles. The predicted molar refractivity (Wildman–Crippen MR) is 88.7 cm³/mol. The highest BCUT2D eigenvalue weighted by molar-refractivity contribution is 5.76. The van der Waals surface area contributed by atoms with Crippen LogP contribution >= 0.6 is 0 Å². The Balaban J connectivity index is 3.31. The molecule has 0 unspecified atom stereocenters. The molecule has 3 heteroatoms. The Morgan fingerprint density at radius 1 is 0.952 bits per heavy atom. The topological polar surface area (TPSA) is 46.5 Å². The summed E-state index contributed by atoms with van der Waals surface area (Å²) in [5, 5.41) is 8.90. The zero-order valence-electron chi connectivity index (χ0n) is 14.2. The number of rotatable bonds is 14. The molecular weight excluding hydrogens is 264 g/mol. The molecule has 0 heterocycles. The van der Waals surface area contributed by atoms with Gasteiger partial charge in [0.2, 0.25) is 0 Å². The number of carboxylic acids is 1. The molecule has 0 bridgehead atoms. The summed E-state index contributed by atoms with van der Waals surface area (Å²) in [6.45, 7) is 5.96. The van der Waals surface area contributed by atoms with Crippen molar-refractivity contribution < 1.29 is 14.6 Å². The minimum absolute atomic E-state index is 0.528. The fourth-order valence-corrected chi connectivity index (χ4v) is 2.03. The standard InChI is InChI=1S/C18H34O3/c1-4-5-6-7-8-9-10-11-12-13-14-15-16-21-18(2,3)17(19)20/h10-11H,4-9,12-16H2,1-3H3,(H,19,20)/b11-10-. The Hall–Kier alpha value is -0.830. The number of aliphatic carboxylic acids is 1. The van der Waals surface area contributed by atoms with Gasteiger partial charge in [0.1, 0.15) is 0 Å². The summed E-state index contributed by atoms with van der Waals surface area (Å²) >= 11 is 0. The molecular formula is C18H34O3. The molecule has 0 radical (unpaired) electrons. The third-order valence-electron chi connectivity index (χ3n) is 3.63. The van der Waals surface area contributed by atoms with Crippen molar-refractivity contribution in [3.63, 3.8) is 0 Å². The molecule has 0 fully saturated rings. The average Bonchev–Trinajstić information content (AvgIpc) is 2.43. The first-order valence-corrected chi connectivity index (χ1v) is 8.53. The zero-order valence-corrected chi connectivity index (χ0v) is 14.2. The molecule has 3 nitrogen and oxygen atoms in total. The van der Waals surface area contributed by atoms with E-state index in [0.29, 0.717) is 6.61 Å². The van der Waals surface area contributed by atoms with Crippen molar-refractivity contribution in [3.05, 3.63) is 12.2 Å². The maximum atomic E-state index is 10.8. The Kier molecular flexibility index (Phi) is 12.4. The number of hydrogen-bond donors (Lipinski definition) is 1. The zero-order chi connectivity index (χ0) is 16.0. The van der Waals surface area contributed by atoms with E-state index in [1.165, 1.54) is 38.5 Å². The van der Waals surface area contributed by atoms with Gasteiger partial charge < -0.3 is 9.84 Å². The molecule has 0 aromatic rings. The first kappa shape index (κ1) is 20.2. The number of carboxylic acid groups (broad SMARTS) is 1. The van der Waals surface area contributed by atoms with Crippen LogP contribution in [-0.4, -0.2) is 23.3 Å². The first-order valence-electron chi connectivity index (χ1n) is 8.53. The van der Waals surface area contributed by atoms with Gasteiger partial charge in [-0.2, -0.15) is 0 Å². The normalized spacial score (nSPS) is 12.1. The number of allylic oxidation sites excluding steroid dienone is 2. The predicted octanol–water partition coefficient (Wildman–Crippen LogP) is 5.34. The van der Waals surface area contributed by atoms with Crippen molar-refractivity contribution in [2.75, 3.05) is 6.61 Å². The Morgan fingerprint density at radius 2 is 1.48 bits per heavy atom. The maximum Gasteiger partial charge on any atom is 0.335 e. The van der Waals surface area contributed by atoms with Gasteiger partial charge in [-0.3, -0.25) is 0 Å². The summed E-state index contributed by atoms with van der Waals surface area (Å²) in [6.07, 6.45) is 16.8. The molecule has 0 spiro atoms. The lowest BCUT2D eigenvalue weighted by molar-refractivity contribution is -0.161. The maximum absolute atomic E-state index is 10.8. The van der Waals surface area contributed by atoms with Crippen LogP contribution in [0.15, 0.2) is 12.2 Å². The molecule has 0 aliphatic heterocycles. The summed E-state index contributed by atoms with van der Waals surface area (Å²) in [6, 6.07) is 0. The molecule has 0 saturated carbocycles. The van der Waals surface area contributed by atoms with E-state index in [2.05, 4.69) is 19.1 Å². The highest BCUT2D eigenvalue weighted by Crippen LogP contribution is 2.11. The number of unbranched alkanes of at least 4 members (excludes halogenated alkanes) is 8. The molecule has 0 aromatic carbocycles. The Morgan fingerprint density at radius 3 is 2.00 bits per heavy atom. The number of hydrogen-bond acceptors (Lipinski definition) is 2. The van der Waals surface area contributed by atoms with E-state index in [0.717, 1.165) is 25.7 Å². The van der Waals surface area contributed by atoms with Crippen LogP contribution in [0.1, 0.15) is 85.0 Å². The highest BCUT2D eigenvalue weighted by atomic mass is 16.5. The largest absolute Gasteiger partial charge is 0.479 e. The lowest BCUT2D eigenvalue weighted by Crippen LogP contribution is -2.35. The third kappa shape index (κ3) is 12.6. The van der Waals surface area contributed by atoms with Crippen LogP contribution in [0.4, 0.5) is 0 Å². The number of ether oxygens (including phenoxy) is 1. The van der Waals surface area contributed by atoms with Crippen LogP contribution in [0.2, 0.25) is 0 Å². The summed E-state index contributed by atoms with van der Waals surface area (Å²) in [5.41, 5.74) is -1.06. The minimum atomic E-state index is -1.06. The van der Waals surface area contributed by atoms with E-state index in [4.69, 9.17) is 9.84 Å². The second-order valence-corrected chi connectivity index (χ2v) is 6.19. The van der Waals surface area contributed by atoms with E-state index in [9.17, 15) is 4.79 Å². The second-order valence-electron chi connectivity index (χ2n) is 6.19. The number of carbonyl (C=O) groups is 1. The van der Waals surface area contributed by atoms with Gasteiger partial charge in [-0.25, -0.2) is 4.79 Å².